The summed E-state index contributed by atoms with van der Waals surface area (Å²) in [6, 6.07) is 5.14. The van der Waals surface area contributed by atoms with Gasteiger partial charge in [0.25, 0.3) is 0 Å². The Kier molecular flexibility index (Phi) is 7.65. The number of hydrogen-bond donors (Lipinski definition) is 2. The van der Waals surface area contributed by atoms with Crippen LogP contribution in [0.5, 0.6) is 0 Å². The van der Waals surface area contributed by atoms with Gasteiger partial charge in [0.05, 0.1) is 6.10 Å². The van der Waals surface area contributed by atoms with Gasteiger partial charge in [-0.2, -0.15) is 0 Å². The van der Waals surface area contributed by atoms with Gasteiger partial charge in [0.2, 0.25) is 0 Å². The van der Waals surface area contributed by atoms with Crippen molar-refractivity contribution in [3.63, 3.8) is 0 Å². The van der Waals surface area contributed by atoms with E-state index in [1.165, 1.54) is 11.3 Å². The van der Waals surface area contributed by atoms with Crippen LogP contribution < -0.4 is 0 Å². The Morgan fingerprint density at radius 2 is 1.74 bits per heavy atom. The van der Waals surface area contributed by atoms with E-state index in [1.54, 1.807) is 18.2 Å². The van der Waals surface area contributed by atoms with Crippen LogP contribution in [0.4, 0.5) is 4.79 Å². The van der Waals surface area contributed by atoms with Crippen molar-refractivity contribution in [1.82, 2.24) is 4.90 Å². The zero-order chi connectivity index (χ0) is 17.6. The van der Waals surface area contributed by atoms with Gasteiger partial charge in [0, 0.05) is 23.1 Å². The second kappa shape index (κ2) is 8.76. The molecule has 1 amide bonds. The summed E-state index contributed by atoms with van der Waals surface area (Å²) in [5, 5.41) is 19.6. The Balaban J connectivity index is 0.000000253. The zero-order valence-corrected chi connectivity index (χ0v) is 15.4. The third kappa shape index (κ3) is 6.58. The molecule has 0 radical (unpaired) electrons. The van der Waals surface area contributed by atoms with E-state index < -0.39 is 12.2 Å². The molecular formula is C17H25Cl2NO3. The molecule has 130 valence electrons. The number of benzene rings is 1. The summed E-state index contributed by atoms with van der Waals surface area (Å²) < 4.78 is 0. The van der Waals surface area contributed by atoms with Crippen LogP contribution in [0.25, 0.3) is 0 Å². The van der Waals surface area contributed by atoms with Gasteiger partial charge in [-0.05, 0) is 42.4 Å². The Labute approximate surface area is 148 Å². The summed E-state index contributed by atoms with van der Waals surface area (Å²) in [4.78, 5) is 11.8. The lowest BCUT2D eigenvalue weighted by Gasteiger charge is -2.26. The van der Waals surface area contributed by atoms with E-state index in [0.29, 0.717) is 10.0 Å². The number of nitrogens with zero attached hydrogens (tertiary/aromatic N) is 1. The van der Waals surface area contributed by atoms with Gasteiger partial charge in [-0.15, -0.1) is 0 Å². The summed E-state index contributed by atoms with van der Waals surface area (Å²) in [6.07, 6.45) is 1.91. The summed E-state index contributed by atoms with van der Waals surface area (Å²) in [5.41, 5.74) is 0.501. The average molecular weight is 362 g/mol. The predicted molar refractivity (Wildman–Crippen MR) is 94.3 cm³/mol. The van der Waals surface area contributed by atoms with E-state index >= 15 is 0 Å². The van der Waals surface area contributed by atoms with Crippen molar-refractivity contribution in [3.8, 4) is 0 Å². The van der Waals surface area contributed by atoms with Crippen LogP contribution in [0.1, 0.15) is 51.7 Å². The fourth-order valence-corrected chi connectivity index (χ4v) is 2.79. The SMILES string of the molecule is CC(C)(C)C(O)c1ccc(Cl)cc1Cl.O=C(O)N1CCCCC1. The van der Waals surface area contributed by atoms with Gasteiger partial charge in [0.15, 0.2) is 0 Å². The van der Waals surface area contributed by atoms with E-state index in [-0.39, 0.29) is 5.41 Å². The molecule has 1 heterocycles. The Morgan fingerprint density at radius 3 is 2.13 bits per heavy atom. The minimum absolute atomic E-state index is 0.225. The molecule has 0 aromatic heterocycles. The van der Waals surface area contributed by atoms with Crippen LogP contribution >= 0.6 is 23.2 Å². The number of carboxylic acid groups (broad SMARTS) is 1. The lowest BCUT2D eigenvalue weighted by molar-refractivity contribution is 0.0627. The molecule has 1 fully saturated rings. The first-order valence-electron chi connectivity index (χ1n) is 7.74. The van der Waals surface area contributed by atoms with Crippen molar-refractivity contribution in [1.29, 1.82) is 0 Å². The highest BCUT2D eigenvalue weighted by Crippen LogP contribution is 2.36. The number of halogens is 2. The number of aliphatic hydroxyl groups is 1. The summed E-state index contributed by atoms with van der Waals surface area (Å²) in [5.74, 6) is 0. The van der Waals surface area contributed by atoms with E-state index in [9.17, 15) is 9.90 Å². The van der Waals surface area contributed by atoms with Crippen molar-refractivity contribution in [2.45, 2.75) is 46.1 Å². The normalized spacial score (nSPS) is 16.3. The first-order chi connectivity index (χ1) is 10.6. The van der Waals surface area contributed by atoms with Crippen LogP contribution in [0.15, 0.2) is 18.2 Å². The third-order valence-electron chi connectivity index (χ3n) is 3.70. The van der Waals surface area contributed by atoms with Gasteiger partial charge in [-0.3, -0.25) is 0 Å². The lowest BCUT2D eigenvalue weighted by atomic mass is 9.85. The predicted octanol–water partition coefficient (Wildman–Crippen LogP) is 5.22. The highest BCUT2D eigenvalue weighted by molar-refractivity contribution is 6.35. The fourth-order valence-electron chi connectivity index (χ4n) is 2.27. The molecule has 1 aromatic rings. The highest BCUT2D eigenvalue weighted by atomic mass is 35.5. The highest BCUT2D eigenvalue weighted by Gasteiger charge is 2.25. The van der Waals surface area contributed by atoms with E-state index in [2.05, 4.69) is 0 Å². The molecule has 0 spiro atoms. The Hall–Kier alpha value is -0.970. The molecule has 1 aliphatic rings. The molecule has 1 aliphatic heterocycles. The van der Waals surface area contributed by atoms with Crippen LogP contribution in [0, 0.1) is 5.41 Å². The number of likely N-dealkylation sites (tertiary alicyclic amines) is 1. The standard InChI is InChI=1S/C11H14Cl2O.C6H11NO2/c1-11(2,3)10(14)8-5-4-7(12)6-9(8)13;8-6(9)7-4-2-1-3-5-7/h4-6,10,14H,1-3H3;1-5H2,(H,8,9). The van der Waals surface area contributed by atoms with Gasteiger partial charge in [-0.1, -0.05) is 50.0 Å². The topological polar surface area (TPSA) is 60.8 Å². The smallest absolute Gasteiger partial charge is 0.407 e. The van der Waals surface area contributed by atoms with Gasteiger partial charge < -0.3 is 15.1 Å². The molecular weight excluding hydrogens is 337 g/mol. The average Bonchev–Trinajstić information content (AvgIpc) is 2.47. The minimum Gasteiger partial charge on any atom is -0.465 e. The largest absolute Gasteiger partial charge is 0.465 e. The maximum Gasteiger partial charge on any atom is 0.407 e. The third-order valence-corrected chi connectivity index (χ3v) is 4.27. The minimum atomic E-state index is -0.769. The number of rotatable bonds is 1. The van der Waals surface area contributed by atoms with Crippen LogP contribution in [0.3, 0.4) is 0 Å². The van der Waals surface area contributed by atoms with Crippen molar-refractivity contribution >= 4 is 29.3 Å². The lowest BCUT2D eigenvalue weighted by Crippen LogP contribution is -2.34. The van der Waals surface area contributed by atoms with Crippen molar-refractivity contribution in [3.05, 3.63) is 33.8 Å². The molecule has 0 aliphatic carbocycles. The molecule has 4 nitrogen and oxygen atoms in total. The summed E-state index contributed by atoms with van der Waals surface area (Å²) in [6.45, 7) is 7.35. The first-order valence-corrected chi connectivity index (χ1v) is 8.49. The summed E-state index contributed by atoms with van der Waals surface area (Å²) in [7, 11) is 0. The maximum absolute atomic E-state index is 10.3. The molecule has 6 heteroatoms. The van der Waals surface area contributed by atoms with Crippen molar-refractivity contribution in [2.75, 3.05) is 13.1 Å². The molecule has 1 aromatic carbocycles. The Bertz CT molecular complexity index is 523. The van der Waals surface area contributed by atoms with Crippen LogP contribution in [-0.4, -0.2) is 34.3 Å². The molecule has 2 N–H and O–H groups in total. The first kappa shape index (κ1) is 20.1. The zero-order valence-electron chi connectivity index (χ0n) is 13.9. The monoisotopic (exact) mass is 361 g/mol. The molecule has 1 atom stereocenters. The number of carbonyl (C=O) groups is 1. The number of amides is 1. The van der Waals surface area contributed by atoms with Crippen LogP contribution in [0.2, 0.25) is 10.0 Å². The molecule has 1 unspecified atom stereocenters. The summed E-state index contributed by atoms with van der Waals surface area (Å²) >= 11 is 11.8. The van der Waals surface area contributed by atoms with E-state index in [1.807, 2.05) is 20.8 Å². The number of hydrogen-bond acceptors (Lipinski definition) is 2. The van der Waals surface area contributed by atoms with Gasteiger partial charge in [0.1, 0.15) is 0 Å². The van der Waals surface area contributed by atoms with E-state index in [4.69, 9.17) is 28.3 Å². The van der Waals surface area contributed by atoms with Gasteiger partial charge >= 0.3 is 6.09 Å². The molecule has 0 saturated carbocycles. The quantitative estimate of drug-likeness (QED) is 0.720. The number of aliphatic hydroxyl groups excluding tert-OH is 1. The van der Waals surface area contributed by atoms with Crippen molar-refractivity contribution in [2.24, 2.45) is 5.41 Å². The second-order valence-electron chi connectivity index (χ2n) is 6.76. The number of piperidine rings is 1. The second-order valence-corrected chi connectivity index (χ2v) is 7.61. The van der Waals surface area contributed by atoms with Crippen LogP contribution in [-0.2, 0) is 0 Å². The molecule has 23 heavy (non-hydrogen) atoms. The van der Waals surface area contributed by atoms with E-state index in [0.717, 1.165) is 31.5 Å². The van der Waals surface area contributed by atoms with Gasteiger partial charge in [-0.25, -0.2) is 4.79 Å². The van der Waals surface area contributed by atoms with Crippen molar-refractivity contribution < 1.29 is 15.0 Å². The molecule has 2 rings (SSSR count). The fraction of sp³-hybridized carbons (Fsp3) is 0.588. The molecule has 1 saturated heterocycles. The maximum atomic E-state index is 10.3. The Morgan fingerprint density at radius 1 is 1.17 bits per heavy atom. The molecule has 0 bridgehead atoms.